The molecule has 0 rings (SSSR count). The Labute approximate surface area is 156 Å². The third kappa shape index (κ3) is 22.1. The summed E-state index contributed by atoms with van der Waals surface area (Å²) < 4.78 is 4.97. The van der Waals surface area contributed by atoms with Crippen LogP contribution in [0.15, 0.2) is 36.5 Å². The van der Waals surface area contributed by atoms with E-state index < -0.39 is 5.97 Å². The van der Waals surface area contributed by atoms with Crippen LogP contribution in [0, 0.1) is 10.1 Å². The highest BCUT2D eigenvalue weighted by Crippen LogP contribution is 2.03. The molecule has 0 radical (unpaired) electrons. The van der Waals surface area contributed by atoms with Gasteiger partial charge in [-0.15, -0.1) is 0 Å². The largest absolute Gasteiger partial charge is 0.480 e. The number of carboxylic acids is 1. The maximum atomic E-state index is 10.2. The minimum Gasteiger partial charge on any atom is -0.480 e. The molecule has 1 N–H and O–H groups in total. The van der Waals surface area contributed by atoms with E-state index in [9.17, 15) is 14.9 Å². The molecule has 0 aliphatic rings. The third-order valence-corrected chi connectivity index (χ3v) is 3.64. The summed E-state index contributed by atoms with van der Waals surface area (Å²) in [4.78, 5) is 20.1. The first-order valence-electron chi connectivity index (χ1n) is 9.49. The lowest BCUT2D eigenvalue weighted by atomic mass is 10.1. The van der Waals surface area contributed by atoms with Crippen LogP contribution in [0.3, 0.4) is 0 Å². The van der Waals surface area contributed by atoms with Crippen molar-refractivity contribution in [1.82, 2.24) is 0 Å². The fourth-order valence-corrected chi connectivity index (χ4v) is 2.26. The second kappa shape index (κ2) is 19.4. The summed E-state index contributed by atoms with van der Waals surface area (Å²) in [5, 5.41) is 18.6. The molecule has 0 aliphatic carbocycles. The highest BCUT2D eigenvalue weighted by Gasteiger charge is 1.95. The van der Waals surface area contributed by atoms with Gasteiger partial charge in [0, 0.05) is 18.0 Å². The normalized spacial score (nSPS) is 11.8. The Morgan fingerprint density at radius 1 is 0.846 bits per heavy atom. The molecule has 0 heterocycles. The Bertz CT molecular complexity index is 443. The van der Waals surface area contributed by atoms with E-state index in [1.54, 1.807) is 0 Å². The van der Waals surface area contributed by atoms with Crippen LogP contribution in [0.25, 0.3) is 0 Å². The van der Waals surface area contributed by atoms with Crippen LogP contribution in [0.1, 0.15) is 64.2 Å². The van der Waals surface area contributed by atoms with Gasteiger partial charge in [0.05, 0.1) is 0 Å². The van der Waals surface area contributed by atoms with Gasteiger partial charge in [-0.2, -0.15) is 0 Å². The molecule has 0 aromatic rings. The molecule has 0 fully saturated rings. The summed E-state index contributed by atoms with van der Waals surface area (Å²) in [5.41, 5.74) is 0. The van der Waals surface area contributed by atoms with Crippen molar-refractivity contribution in [3.05, 3.63) is 46.6 Å². The van der Waals surface area contributed by atoms with Crippen LogP contribution >= 0.6 is 0 Å². The van der Waals surface area contributed by atoms with Gasteiger partial charge in [0.2, 0.25) is 6.54 Å². The number of rotatable bonds is 18. The van der Waals surface area contributed by atoms with Crippen molar-refractivity contribution in [2.24, 2.45) is 0 Å². The first-order chi connectivity index (χ1) is 12.6. The molecule has 0 bridgehead atoms. The number of carboxylic acid groups (broad SMARTS) is 1. The Hall–Kier alpha value is -1.95. The molecule has 6 heteroatoms. The van der Waals surface area contributed by atoms with Crippen LogP contribution in [-0.4, -0.2) is 35.8 Å². The lowest BCUT2D eigenvalue weighted by molar-refractivity contribution is -0.480. The van der Waals surface area contributed by atoms with Crippen LogP contribution in [0.4, 0.5) is 0 Å². The molecular weight excluding hydrogens is 334 g/mol. The van der Waals surface area contributed by atoms with E-state index in [2.05, 4.69) is 36.5 Å². The van der Waals surface area contributed by atoms with E-state index in [1.807, 2.05) is 0 Å². The highest BCUT2D eigenvalue weighted by atomic mass is 16.6. The Morgan fingerprint density at radius 2 is 1.38 bits per heavy atom. The van der Waals surface area contributed by atoms with E-state index in [1.165, 1.54) is 0 Å². The van der Waals surface area contributed by atoms with Gasteiger partial charge in [-0.25, -0.2) is 4.79 Å². The van der Waals surface area contributed by atoms with Gasteiger partial charge in [0.1, 0.15) is 6.61 Å². The minimum absolute atomic E-state index is 0.0845. The monoisotopic (exact) mass is 367 g/mol. The molecular formula is C20H33NO5. The van der Waals surface area contributed by atoms with E-state index in [-0.39, 0.29) is 18.1 Å². The number of nitro groups is 1. The predicted octanol–water partition coefficient (Wildman–Crippen LogP) is 4.93. The number of ether oxygens (including phenoxy) is 1. The first kappa shape index (κ1) is 24.1. The second-order valence-electron chi connectivity index (χ2n) is 6.09. The summed E-state index contributed by atoms with van der Waals surface area (Å²) in [6.45, 7) is 0.401. The molecule has 0 atom stereocenters. The summed E-state index contributed by atoms with van der Waals surface area (Å²) >= 11 is 0. The molecule has 0 saturated carbocycles. The van der Waals surface area contributed by atoms with E-state index in [0.717, 1.165) is 57.8 Å². The zero-order valence-electron chi connectivity index (χ0n) is 15.7. The summed E-state index contributed by atoms with van der Waals surface area (Å²) in [7, 11) is 0. The molecule has 148 valence electrons. The van der Waals surface area contributed by atoms with E-state index >= 15 is 0 Å². The van der Waals surface area contributed by atoms with Crippen molar-refractivity contribution in [3.63, 3.8) is 0 Å². The van der Waals surface area contributed by atoms with Gasteiger partial charge in [-0.1, -0.05) is 42.9 Å². The molecule has 0 saturated heterocycles. The van der Waals surface area contributed by atoms with Crippen LogP contribution in [0.5, 0.6) is 0 Å². The van der Waals surface area contributed by atoms with Crippen LogP contribution < -0.4 is 0 Å². The Morgan fingerprint density at radius 3 is 1.92 bits per heavy atom. The van der Waals surface area contributed by atoms with Crippen LogP contribution in [0.2, 0.25) is 0 Å². The quantitative estimate of drug-likeness (QED) is 0.160. The summed E-state index contributed by atoms with van der Waals surface area (Å²) in [6.07, 6.45) is 22.5. The van der Waals surface area contributed by atoms with Gasteiger partial charge in [0.15, 0.2) is 0 Å². The van der Waals surface area contributed by atoms with Crippen molar-refractivity contribution in [3.8, 4) is 0 Å². The number of hydrogen-bond acceptors (Lipinski definition) is 4. The number of aliphatic carboxylic acids is 1. The lowest BCUT2D eigenvalue weighted by Gasteiger charge is -2.00. The molecule has 0 aromatic carbocycles. The van der Waals surface area contributed by atoms with Gasteiger partial charge in [-0.3, -0.25) is 10.1 Å². The van der Waals surface area contributed by atoms with Crippen LogP contribution in [-0.2, 0) is 9.53 Å². The van der Waals surface area contributed by atoms with Crippen molar-refractivity contribution < 1.29 is 19.6 Å². The zero-order chi connectivity index (χ0) is 19.3. The predicted molar refractivity (Wildman–Crippen MR) is 104 cm³/mol. The summed E-state index contributed by atoms with van der Waals surface area (Å²) in [6, 6.07) is 0. The molecule has 0 aliphatic heterocycles. The van der Waals surface area contributed by atoms with Gasteiger partial charge in [-0.05, 0) is 51.4 Å². The Balaban J connectivity index is 3.31. The maximum Gasteiger partial charge on any atom is 0.329 e. The number of hydrogen-bond donors (Lipinski definition) is 1. The maximum absolute atomic E-state index is 10.2. The van der Waals surface area contributed by atoms with Gasteiger partial charge >= 0.3 is 5.97 Å². The lowest BCUT2D eigenvalue weighted by Crippen LogP contribution is -2.07. The van der Waals surface area contributed by atoms with E-state index in [4.69, 9.17) is 9.84 Å². The highest BCUT2D eigenvalue weighted by molar-refractivity contribution is 5.67. The minimum atomic E-state index is -0.915. The molecule has 0 aromatic heterocycles. The average Bonchev–Trinajstić information content (AvgIpc) is 2.59. The second-order valence-corrected chi connectivity index (χ2v) is 6.09. The molecule has 0 amide bonds. The molecule has 6 nitrogen and oxygen atoms in total. The van der Waals surface area contributed by atoms with Crippen molar-refractivity contribution in [1.29, 1.82) is 0 Å². The van der Waals surface area contributed by atoms with Gasteiger partial charge in [0.25, 0.3) is 0 Å². The molecule has 0 spiro atoms. The number of allylic oxidation sites excluding steroid dienone is 6. The fourth-order valence-electron chi connectivity index (χ4n) is 2.26. The number of unbranched alkanes of at least 4 members (excludes halogenated alkanes) is 6. The standard InChI is InChI=1S/C20H33NO5/c22-20(23)19-26-18-16-14-12-10-8-6-4-2-1-3-5-7-9-11-13-15-17-21(24)25/h1-2,5-8H,3-4,9-19H2,(H,22,23)/b2-1+,7-5+,8-6+. The zero-order valence-corrected chi connectivity index (χ0v) is 15.7. The third-order valence-electron chi connectivity index (χ3n) is 3.64. The molecule has 26 heavy (non-hydrogen) atoms. The van der Waals surface area contributed by atoms with Crippen molar-refractivity contribution in [2.75, 3.05) is 19.8 Å². The number of nitrogens with zero attached hydrogens (tertiary/aromatic N) is 1. The van der Waals surface area contributed by atoms with Gasteiger partial charge < -0.3 is 9.84 Å². The van der Waals surface area contributed by atoms with Crippen molar-refractivity contribution >= 4 is 5.97 Å². The molecule has 0 unspecified atom stereocenters. The fraction of sp³-hybridized carbons (Fsp3) is 0.650. The summed E-state index contributed by atoms with van der Waals surface area (Å²) in [5.74, 6) is -0.915. The first-order valence-corrected chi connectivity index (χ1v) is 9.49. The number of carbonyl (C=O) groups is 1. The SMILES string of the molecule is O=C(O)COCCCCC/C=C/C/C=C/C/C=C/CCCCC[N+](=O)[O-]. The average molecular weight is 367 g/mol. The van der Waals surface area contributed by atoms with Crippen molar-refractivity contribution in [2.45, 2.75) is 64.2 Å². The topological polar surface area (TPSA) is 89.7 Å². The smallest absolute Gasteiger partial charge is 0.329 e. The Kier molecular flexibility index (Phi) is 17.9. The van der Waals surface area contributed by atoms with E-state index in [0.29, 0.717) is 13.0 Å².